The first-order chi connectivity index (χ1) is 66.9. The van der Waals surface area contributed by atoms with Gasteiger partial charge in [-0.1, -0.05) is 431 Å². The first-order valence-electron chi connectivity index (χ1n) is 47.2. The van der Waals surface area contributed by atoms with Crippen LogP contribution < -0.4 is 0 Å². The largest absolute Gasteiger partial charge is 0.135 e. The monoisotopic (exact) mass is 1760 g/mol. The van der Waals surface area contributed by atoms with Gasteiger partial charge >= 0.3 is 0 Å². The van der Waals surface area contributed by atoms with Crippen molar-refractivity contribution in [1.29, 1.82) is 0 Å². The molecule has 3 aromatic heterocycles. The molecular formula is C132H84S3. The molecule has 630 valence electrons. The highest BCUT2D eigenvalue weighted by atomic mass is 32.1. The van der Waals surface area contributed by atoms with Crippen LogP contribution in [0.3, 0.4) is 0 Å². The Kier molecular flexibility index (Phi) is 18.2. The van der Waals surface area contributed by atoms with Gasteiger partial charge in [0.15, 0.2) is 0 Å². The second-order valence-electron chi connectivity index (χ2n) is 37.3. The molecule has 12 aliphatic rings. The molecule has 0 N–H and O–H groups in total. The fraction of sp³-hybridized carbons (Fsp3) is 0.0455. The van der Waals surface area contributed by atoms with Gasteiger partial charge in [-0.3, -0.25) is 0 Å². The van der Waals surface area contributed by atoms with Gasteiger partial charge in [-0.15, -0.1) is 34.0 Å². The summed E-state index contributed by atoms with van der Waals surface area (Å²) >= 11 is 5.68. The minimum absolute atomic E-state index is 0.320. The van der Waals surface area contributed by atoms with Crippen molar-refractivity contribution in [2.45, 2.75) is 0 Å². The number of benzene rings is 15. The number of hydrogen-bond donors (Lipinski definition) is 0. The molecule has 6 unspecified atom stereocenters. The Hall–Kier alpha value is -15.7. The van der Waals surface area contributed by atoms with E-state index in [9.17, 15) is 0 Å². The molecule has 0 fully saturated rings. The summed E-state index contributed by atoms with van der Waals surface area (Å²) in [7, 11) is 0. The first kappa shape index (κ1) is 78.0. The summed E-state index contributed by atoms with van der Waals surface area (Å²) in [6, 6.07) is 121. The number of thiophene rings is 3. The van der Waals surface area contributed by atoms with E-state index < -0.39 is 0 Å². The average molecular weight is 1770 g/mol. The molecule has 0 saturated heterocycles. The van der Waals surface area contributed by atoms with Crippen molar-refractivity contribution < 1.29 is 0 Å². The van der Waals surface area contributed by atoms with Crippen molar-refractivity contribution in [2.75, 3.05) is 0 Å². The van der Waals surface area contributed by atoms with E-state index in [1.54, 1.807) is 0 Å². The molecule has 0 amide bonds. The molecule has 15 aromatic carbocycles. The molecule has 0 radical (unpaired) electrons. The van der Waals surface area contributed by atoms with Crippen LogP contribution in [0, 0.1) is 35.5 Å². The number of rotatable bonds is 9. The quantitative estimate of drug-likeness (QED) is 0.135. The smallest absolute Gasteiger partial charge is 0.0361 e. The lowest BCUT2D eigenvalue weighted by Crippen LogP contribution is -2.30. The Morgan fingerprint density at radius 2 is 0.459 bits per heavy atom. The second kappa shape index (κ2) is 31.5. The zero-order valence-electron chi connectivity index (χ0n) is 73.7. The highest BCUT2D eigenvalue weighted by Gasteiger charge is 2.45. The number of fused-ring (bicyclic) bond motifs is 12. The SMILES string of the molecule is C1=CC2=C(c3ccc(-c4cccc5ccccc45)cc3)C=CC3=CC=C4C(c5ccc6c(c5)sc5ccccc56)=CC=C1C4C32.C1=CC2=C(c3ccc(-c4cccc5ccccc45)cc3)C=CC3=CC=C4C(c5ccc6sc7ccccc7c6c5)=CC=C1C4C32.C1=CC2=C(c3ccc(-c4cccc5ccccc45)cc3)C=CC3=CC=C4C(c5cccc6sc7ccccc7c56)=CC=C1C4C32. The summed E-state index contributed by atoms with van der Waals surface area (Å²) in [6.07, 6.45) is 56.7. The zero-order chi connectivity index (χ0) is 88.5. The van der Waals surface area contributed by atoms with Crippen LogP contribution >= 0.6 is 34.0 Å². The van der Waals surface area contributed by atoms with E-state index in [-0.39, 0.29) is 0 Å². The van der Waals surface area contributed by atoms with Crippen LogP contribution in [-0.2, 0) is 0 Å². The van der Waals surface area contributed by atoms with Gasteiger partial charge in [-0.2, -0.15) is 0 Å². The minimum Gasteiger partial charge on any atom is -0.135 e. The molecule has 18 aromatic rings. The van der Waals surface area contributed by atoms with E-state index >= 15 is 0 Å². The number of allylic oxidation sites excluding steroid dienone is 42. The second-order valence-corrected chi connectivity index (χ2v) is 40.5. The Morgan fingerprint density at radius 3 is 0.926 bits per heavy atom. The van der Waals surface area contributed by atoms with Gasteiger partial charge in [0.25, 0.3) is 0 Å². The summed E-state index contributed by atoms with van der Waals surface area (Å²) in [5.74, 6) is 1.96. The first-order valence-corrected chi connectivity index (χ1v) is 49.7. The lowest BCUT2D eigenvalue weighted by Gasteiger charge is -2.42. The van der Waals surface area contributed by atoms with Crippen LogP contribution in [0.15, 0.2) is 540 Å². The lowest BCUT2D eigenvalue weighted by molar-refractivity contribution is 0.569. The molecule has 0 nitrogen and oxygen atoms in total. The molecule has 6 atom stereocenters. The molecule has 3 heterocycles. The topological polar surface area (TPSA) is 0 Å². The maximum atomic E-state index is 2.41. The number of hydrogen-bond acceptors (Lipinski definition) is 3. The van der Waals surface area contributed by atoms with Crippen LogP contribution in [0.5, 0.6) is 0 Å². The van der Waals surface area contributed by atoms with E-state index in [1.807, 2.05) is 34.0 Å². The Morgan fingerprint density at radius 1 is 0.163 bits per heavy atom. The molecule has 30 rings (SSSR count). The summed E-state index contributed by atoms with van der Waals surface area (Å²) in [5.41, 5.74) is 40.5. The van der Waals surface area contributed by atoms with E-state index in [1.165, 1.54) is 260 Å². The molecule has 0 aliphatic heterocycles. The average Bonchev–Trinajstić information content (AvgIpc) is 1.08. The highest BCUT2D eigenvalue weighted by Crippen LogP contribution is 2.60. The van der Waals surface area contributed by atoms with Gasteiger partial charge in [0.2, 0.25) is 0 Å². The minimum atomic E-state index is 0.320. The van der Waals surface area contributed by atoms with Crippen molar-refractivity contribution in [3.05, 3.63) is 574 Å². The van der Waals surface area contributed by atoms with Crippen LogP contribution in [0.1, 0.15) is 33.4 Å². The van der Waals surface area contributed by atoms with Gasteiger partial charge in [-0.25, -0.2) is 0 Å². The Bertz CT molecular complexity index is 9040. The van der Waals surface area contributed by atoms with Crippen LogP contribution in [-0.4, -0.2) is 0 Å². The summed E-state index contributed by atoms with van der Waals surface area (Å²) in [6.45, 7) is 0. The van der Waals surface area contributed by atoms with E-state index in [0.717, 1.165) is 0 Å². The molecule has 3 heteroatoms. The molecule has 0 saturated carbocycles. The summed E-state index contributed by atoms with van der Waals surface area (Å²) in [4.78, 5) is 0. The van der Waals surface area contributed by atoms with Gasteiger partial charge in [0, 0.05) is 96.0 Å². The fourth-order valence-electron chi connectivity index (χ4n) is 24.1. The lowest BCUT2D eigenvalue weighted by atomic mass is 9.61. The van der Waals surface area contributed by atoms with Crippen molar-refractivity contribution in [3.8, 4) is 33.4 Å². The zero-order valence-corrected chi connectivity index (χ0v) is 76.2. The third-order valence-corrected chi connectivity index (χ3v) is 33.8. The molecule has 0 bridgehead atoms. The van der Waals surface area contributed by atoms with Gasteiger partial charge in [0.1, 0.15) is 0 Å². The molecule has 0 spiro atoms. The standard InChI is InChI=1S/3C44H28S/c1-2-9-32-27(7-1)8-5-11-33(32)28-15-17-29(18-16-28)34-23-19-30-22-26-38-35(24-20-31-21-25-37(34)42(30)43(31)38)36-12-6-14-41-44(36)39-10-3-4-13-40(39)45-41;1-2-8-33-27(6-1)7-5-10-34(33)28-12-14-29(15-13-28)35-21-16-30-19-25-40-36(22-17-31-18-24-39(35)43(30)44(31)40)32-20-23-38-37-9-3-4-11-41(37)45-42(38)26-32;1-2-8-33-27(6-1)7-5-10-34(33)28-12-14-29(15-13-28)35-21-16-30-19-24-39-36(22-17-31-18-23-38(35)43(30)44(31)39)32-20-25-42-40(26-32)37-9-3-4-11-41(37)45-42/h1-26,42-43H;2*1-26,43-44H. The highest BCUT2D eigenvalue weighted by molar-refractivity contribution is 7.26. The third-order valence-electron chi connectivity index (χ3n) is 30.4. The van der Waals surface area contributed by atoms with Crippen molar-refractivity contribution in [3.63, 3.8) is 0 Å². The van der Waals surface area contributed by atoms with Gasteiger partial charge in [-0.05, 0) is 242 Å². The maximum Gasteiger partial charge on any atom is 0.0361 e. The van der Waals surface area contributed by atoms with Gasteiger partial charge in [0.05, 0.1) is 0 Å². The van der Waals surface area contributed by atoms with Crippen molar-refractivity contribution in [2.24, 2.45) is 35.5 Å². The van der Waals surface area contributed by atoms with Crippen molar-refractivity contribution >= 4 is 160 Å². The maximum absolute atomic E-state index is 2.41. The molecular weight excluding hydrogens is 1680 g/mol. The fourth-order valence-corrected chi connectivity index (χ4v) is 27.5. The Labute approximate surface area is 796 Å². The van der Waals surface area contributed by atoms with Crippen LogP contribution in [0.2, 0.25) is 0 Å². The van der Waals surface area contributed by atoms with E-state index in [2.05, 4.69) is 473 Å². The van der Waals surface area contributed by atoms with Gasteiger partial charge < -0.3 is 0 Å². The Balaban J connectivity index is 0.000000101. The summed E-state index contributed by atoms with van der Waals surface area (Å²) < 4.78 is 8.13. The van der Waals surface area contributed by atoms with Crippen molar-refractivity contribution in [1.82, 2.24) is 0 Å². The summed E-state index contributed by atoms with van der Waals surface area (Å²) in [5, 5.41) is 15.9. The molecule has 12 aliphatic carbocycles. The molecule has 135 heavy (non-hydrogen) atoms. The predicted molar refractivity (Wildman–Crippen MR) is 579 cm³/mol. The van der Waals surface area contributed by atoms with E-state index in [4.69, 9.17) is 0 Å². The van der Waals surface area contributed by atoms with E-state index in [0.29, 0.717) is 35.5 Å². The van der Waals surface area contributed by atoms with Crippen LogP contribution in [0.4, 0.5) is 0 Å². The van der Waals surface area contributed by atoms with Crippen LogP contribution in [0.25, 0.3) is 160 Å². The normalized spacial score (nSPS) is 19.8. The predicted octanol–water partition coefficient (Wildman–Crippen LogP) is 35.7. The third kappa shape index (κ3) is 12.7.